The lowest BCUT2D eigenvalue weighted by atomic mass is 9.83. The molecule has 0 spiro atoms. The fourth-order valence-corrected chi connectivity index (χ4v) is 18.4. The van der Waals surface area contributed by atoms with Gasteiger partial charge in [0.05, 0.1) is 0 Å². The molecule has 1 saturated carbocycles. The number of pyridine rings is 5. The first-order valence-corrected chi connectivity index (χ1v) is 44.7. The SMILES string of the molecule is Cc1c[n+](C)c(-c2cc(-c3ccccc3)c(C)cc2C)cc1CC(C)C.Cc1cc(-c2cc(-c3ccccc3)c(C)cc2C)[n+](C)cc1C.Cc1cc(C)c(-c2cc(C(C)C)c(C)c[n+]2C)cc1-c1ccccc1.Cc1cc(C)c(-c2cc(C3CCCCC3)cc[n+]2C)cc1-c1ccccc1.Cc1ccc(-c2cc(-c3ccccc3)c(C)cc2C)[n+](C)c1. The highest BCUT2D eigenvalue weighted by Crippen LogP contribution is 2.40. The van der Waals surface area contributed by atoms with E-state index < -0.39 is 0 Å². The molecule has 123 heavy (non-hydrogen) atoms. The van der Waals surface area contributed by atoms with E-state index in [1.165, 1.54) is 244 Å². The van der Waals surface area contributed by atoms with Crippen LogP contribution in [0.5, 0.6) is 0 Å². The molecule has 15 aromatic rings. The highest BCUT2D eigenvalue weighted by molar-refractivity contribution is 5.81. The minimum atomic E-state index is 0.527. The van der Waals surface area contributed by atoms with Gasteiger partial charge in [-0.25, -0.2) is 22.8 Å². The summed E-state index contributed by atoms with van der Waals surface area (Å²) in [6, 6.07) is 92.9. The van der Waals surface area contributed by atoms with Crippen molar-refractivity contribution in [3.8, 4) is 112 Å². The van der Waals surface area contributed by atoms with E-state index in [-0.39, 0.29) is 0 Å². The molecule has 10 aromatic carbocycles. The molecule has 1 aliphatic rings. The van der Waals surface area contributed by atoms with Crippen molar-refractivity contribution in [2.45, 2.75) is 182 Å². The van der Waals surface area contributed by atoms with Crippen LogP contribution in [-0.4, -0.2) is 0 Å². The number of benzene rings is 10. The Labute approximate surface area is 738 Å². The number of aryl methyl sites for hydroxylation is 20. The van der Waals surface area contributed by atoms with E-state index >= 15 is 0 Å². The Hall–Kier alpha value is -12.1. The van der Waals surface area contributed by atoms with E-state index in [1.807, 2.05) is 0 Å². The molecule has 5 aromatic heterocycles. The van der Waals surface area contributed by atoms with Crippen molar-refractivity contribution in [2.75, 3.05) is 0 Å². The van der Waals surface area contributed by atoms with Gasteiger partial charge < -0.3 is 0 Å². The van der Waals surface area contributed by atoms with E-state index in [4.69, 9.17) is 0 Å². The van der Waals surface area contributed by atoms with E-state index in [0.29, 0.717) is 11.8 Å². The number of nitrogens with zero attached hydrogens (tertiary/aromatic N) is 5. The predicted octanol–water partition coefficient (Wildman–Crippen LogP) is 28.2. The Bertz CT molecular complexity index is 6200. The van der Waals surface area contributed by atoms with Gasteiger partial charge in [-0.15, -0.1) is 0 Å². The molecule has 0 bridgehead atoms. The summed E-state index contributed by atoms with van der Waals surface area (Å²) in [5.74, 6) is 1.92. The quantitative estimate of drug-likeness (QED) is 0.0967. The van der Waals surface area contributed by atoms with E-state index in [1.54, 1.807) is 0 Å². The van der Waals surface area contributed by atoms with Gasteiger partial charge in [-0.05, 0) is 311 Å². The molecule has 0 aliphatic heterocycles. The second-order valence-corrected chi connectivity index (χ2v) is 36.0. The highest BCUT2D eigenvalue weighted by atomic mass is 14.9. The second-order valence-electron chi connectivity index (χ2n) is 36.0. The number of rotatable bonds is 14. The first kappa shape index (κ1) is 90.2. The van der Waals surface area contributed by atoms with Gasteiger partial charge in [-0.2, -0.15) is 0 Å². The van der Waals surface area contributed by atoms with Crippen LogP contribution >= 0.6 is 0 Å². The van der Waals surface area contributed by atoms with Crippen molar-refractivity contribution in [2.24, 2.45) is 41.2 Å². The lowest BCUT2D eigenvalue weighted by molar-refractivity contribution is -0.660. The Balaban J connectivity index is 0.000000141. The van der Waals surface area contributed by atoms with Gasteiger partial charge in [0.2, 0.25) is 28.5 Å². The molecule has 0 amide bonds. The fourth-order valence-electron chi connectivity index (χ4n) is 18.4. The summed E-state index contributed by atoms with van der Waals surface area (Å²) >= 11 is 0. The number of hydrogen-bond acceptors (Lipinski definition) is 0. The maximum atomic E-state index is 2.45. The fraction of sp³-hybridized carbons (Fsp3) is 0.280. The Morgan fingerprint density at radius 2 is 0.561 bits per heavy atom. The second kappa shape index (κ2) is 40.8. The summed E-state index contributed by atoms with van der Waals surface area (Å²) in [6.07, 6.45) is 19.1. The first-order chi connectivity index (χ1) is 58.9. The molecule has 0 N–H and O–H groups in total. The molecular formula is C118H134N5+5. The number of aromatic nitrogens is 5. The highest BCUT2D eigenvalue weighted by Gasteiger charge is 2.26. The van der Waals surface area contributed by atoms with Crippen LogP contribution in [0.3, 0.4) is 0 Å². The smallest absolute Gasteiger partial charge is 0.201 e. The van der Waals surface area contributed by atoms with Crippen molar-refractivity contribution >= 4 is 0 Å². The first-order valence-electron chi connectivity index (χ1n) is 44.7. The van der Waals surface area contributed by atoms with Crippen LogP contribution in [0.4, 0.5) is 0 Å². The maximum Gasteiger partial charge on any atom is 0.212 e. The lowest BCUT2D eigenvalue weighted by Crippen LogP contribution is -2.32. The van der Waals surface area contributed by atoms with Crippen LogP contribution in [0.25, 0.3) is 112 Å². The summed E-state index contributed by atoms with van der Waals surface area (Å²) < 4.78 is 11.2. The minimum absolute atomic E-state index is 0.527. The van der Waals surface area contributed by atoms with Crippen LogP contribution in [0.15, 0.2) is 286 Å². The molecule has 0 saturated heterocycles. The number of hydrogen-bond donors (Lipinski definition) is 0. The van der Waals surface area contributed by atoms with Crippen LogP contribution in [0.1, 0.15) is 172 Å². The van der Waals surface area contributed by atoms with Crippen molar-refractivity contribution < 1.29 is 22.8 Å². The molecule has 16 rings (SSSR count). The van der Waals surface area contributed by atoms with Crippen LogP contribution in [0.2, 0.25) is 0 Å². The molecule has 0 atom stereocenters. The van der Waals surface area contributed by atoms with Crippen LogP contribution < -0.4 is 22.8 Å². The summed E-state index contributed by atoms with van der Waals surface area (Å²) in [4.78, 5) is 0. The van der Waals surface area contributed by atoms with Crippen LogP contribution in [-0.2, 0) is 41.7 Å². The maximum absolute atomic E-state index is 2.45. The molecule has 1 aliphatic carbocycles. The average molecular weight is 1620 g/mol. The third-order valence-electron chi connectivity index (χ3n) is 25.3. The van der Waals surface area contributed by atoms with E-state index in [0.717, 1.165) is 12.3 Å². The molecule has 5 nitrogen and oxygen atoms in total. The van der Waals surface area contributed by atoms with Gasteiger partial charge in [-0.1, -0.05) is 229 Å². The summed E-state index contributed by atoms with van der Waals surface area (Å²) in [5, 5.41) is 0. The van der Waals surface area contributed by atoms with Gasteiger partial charge in [0.1, 0.15) is 35.2 Å². The molecule has 0 unspecified atom stereocenters. The Kier molecular flexibility index (Phi) is 29.9. The standard InChI is InChI=1S/C26H30N.C25H30N.C24H28N.C22H24N.C21H22N/c1-19-16-20(2)25(18-24(19)22-12-8-5-9-13-22)26-17-23(14-15-27(26)3)21-10-6-4-7-11-21;1-17(2)12-22-14-25(26(6)16-20(22)5)24-15-23(18(3)13-19(24)4)21-10-8-7-9-11-21;1-16(2)21-14-24(25(6)15-19(21)5)23-13-22(17(3)12-18(23)4)20-10-8-7-9-11-20;1-15-12-22(23(5)14-18(15)4)21-13-20(16(2)11-17(21)3)19-9-7-6-8-10-19;1-15-10-11-21(22(4)14-15)20-13-19(16(2)12-17(20)3)18-8-6-5-7-9-18/h5,8-9,12-18,21H,4,6-7,10-11H2,1-3H3;7-11,13-17H,12H2,1-6H3;7-16H,1-6H3;6-14H,1-5H3;5-14H,1-4H3/q5*+1. The third kappa shape index (κ3) is 21.9. The Morgan fingerprint density at radius 3 is 0.911 bits per heavy atom. The van der Waals surface area contributed by atoms with Gasteiger partial charge in [0.15, 0.2) is 31.0 Å². The van der Waals surface area contributed by atoms with Gasteiger partial charge in [-0.3, -0.25) is 0 Å². The van der Waals surface area contributed by atoms with Crippen molar-refractivity contribution in [3.05, 3.63) is 386 Å². The van der Waals surface area contributed by atoms with Crippen molar-refractivity contribution in [3.63, 3.8) is 0 Å². The molecule has 5 heteroatoms. The van der Waals surface area contributed by atoms with Gasteiger partial charge in [0, 0.05) is 86.5 Å². The average Bonchev–Trinajstić information content (AvgIpc) is 0.795. The molecular weight excluding hydrogens is 1490 g/mol. The minimum Gasteiger partial charge on any atom is -0.201 e. The molecule has 5 heterocycles. The topological polar surface area (TPSA) is 19.4 Å². The predicted molar refractivity (Wildman–Crippen MR) is 522 cm³/mol. The lowest BCUT2D eigenvalue weighted by Gasteiger charge is -2.22. The molecule has 0 radical (unpaired) electrons. The van der Waals surface area contributed by atoms with Crippen molar-refractivity contribution in [1.82, 2.24) is 0 Å². The van der Waals surface area contributed by atoms with E-state index in [2.05, 4.69) is 475 Å². The van der Waals surface area contributed by atoms with Crippen molar-refractivity contribution in [1.29, 1.82) is 0 Å². The summed E-state index contributed by atoms with van der Waals surface area (Å²) in [7, 11) is 10.7. The largest absolute Gasteiger partial charge is 0.212 e. The monoisotopic (exact) mass is 1620 g/mol. The van der Waals surface area contributed by atoms with Crippen LogP contribution in [0, 0.1) is 110 Å². The normalized spacial score (nSPS) is 11.9. The Morgan fingerprint density at radius 1 is 0.252 bits per heavy atom. The van der Waals surface area contributed by atoms with Gasteiger partial charge >= 0.3 is 0 Å². The summed E-state index contributed by atoms with van der Waals surface area (Å²) in [5.41, 5.74) is 50.3. The van der Waals surface area contributed by atoms with Gasteiger partial charge in [0.25, 0.3) is 0 Å². The third-order valence-corrected chi connectivity index (χ3v) is 25.3. The zero-order valence-electron chi connectivity index (χ0n) is 78.3. The van der Waals surface area contributed by atoms with E-state index in [9.17, 15) is 0 Å². The zero-order chi connectivity index (χ0) is 88.0. The summed E-state index contributed by atoms with van der Waals surface area (Å²) in [6.45, 7) is 42.1. The molecule has 626 valence electrons. The zero-order valence-corrected chi connectivity index (χ0v) is 78.3. The molecule has 1 fully saturated rings.